The van der Waals surface area contributed by atoms with Crippen molar-refractivity contribution in [2.24, 2.45) is 5.92 Å². The minimum absolute atomic E-state index is 0.966. The second-order valence-electron chi connectivity index (χ2n) is 3.87. The second kappa shape index (κ2) is 2.54. The van der Waals surface area contributed by atoms with Crippen LogP contribution in [0.3, 0.4) is 0 Å². The lowest BCUT2D eigenvalue weighted by molar-refractivity contribution is 0.177. The van der Waals surface area contributed by atoms with Crippen LogP contribution < -0.4 is 0 Å². The number of rotatable bonds is 0. The van der Waals surface area contributed by atoms with E-state index in [1.165, 1.54) is 38.8 Å². The van der Waals surface area contributed by atoms with Crippen molar-refractivity contribution in [1.82, 2.24) is 4.90 Å². The molecule has 0 amide bonds. The van der Waals surface area contributed by atoms with Crippen LogP contribution in [-0.4, -0.2) is 24.0 Å². The summed E-state index contributed by atoms with van der Waals surface area (Å²) < 4.78 is 0. The van der Waals surface area contributed by atoms with Gasteiger partial charge in [0.25, 0.3) is 0 Å². The molecule has 10 heavy (non-hydrogen) atoms. The van der Waals surface area contributed by atoms with Crippen LogP contribution >= 0.6 is 0 Å². The third-order valence-corrected chi connectivity index (χ3v) is 3.19. The first-order valence-corrected chi connectivity index (χ1v) is 4.62. The van der Waals surface area contributed by atoms with Gasteiger partial charge < -0.3 is 4.90 Å². The number of nitrogens with zero attached hydrogens (tertiary/aromatic N) is 1. The summed E-state index contributed by atoms with van der Waals surface area (Å²) in [5.74, 6) is 0.986. The molecule has 2 aliphatic rings. The normalized spacial score (nSPS) is 41.7. The second-order valence-corrected chi connectivity index (χ2v) is 3.87. The van der Waals surface area contributed by atoms with E-state index >= 15 is 0 Å². The smallest absolute Gasteiger partial charge is 0.0121 e. The third kappa shape index (κ3) is 0.968. The van der Waals surface area contributed by atoms with Gasteiger partial charge in [-0.1, -0.05) is 13.3 Å². The van der Waals surface area contributed by atoms with Crippen molar-refractivity contribution < 1.29 is 0 Å². The first-order chi connectivity index (χ1) is 4.88. The van der Waals surface area contributed by atoms with Gasteiger partial charge in [-0.2, -0.15) is 0 Å². The molecule has 1 heteroatoms. The Hall–Kier alpha value is -0.0400. The minimum Gasteiger partial charge on any atom is -0.300 e. The Kier molecular flexibility index (Phi) is 1.69. The highest BCUT2D eigenvalue weighted by atomic mass is 15.2. The van der Waals surface area contributed by atoms with E-state index in [2.05, 4.69) is 11.8 Å². The van der Waals surface area contributed by atoms with Crippen LogP contribution in [0.4, 0.5) is 0 Å². The first kappa shape index (κ1) is 6.66. The van der Waals surface area contributed by atoms with Crippen LogP contribution in [0.2, 0.25) is 0 Å². The zero-order valence-corrected chi connectivity index (χ0v) is 6.84. The molecule has 2 fully saturated rings. The minimum atomic E-state index is 0.966. The maximum absolute atomic E-state index is 2.69. The van der Waals surface area contributed by atoms with Gasteiger partial charge in [0, 0.05) is 6.04 Å². The van der Waals surface area contributed by atoms with Crippen LogP contribution in [0.5, 0.6) is 0 Å². The van der Waals surface area contributed by atoms with Gasteiger partial charge in [-0.05, 0) is 38.3 Å². The highest BCUT2D eigenvalue weighted by molar-refractivity contribution is 4.86. The van der Waals surface area contributed by atoms with Gasteiger partial charge in [0.1, 0.15) is 0 Å². The highest BCUT2D eigenvalue weighted by Crippen LogP contribution is 2.30. The molecule has 0 aromatic heterocycles. The van der Waals surface area contributed by atoms with E-state index < -0.39 is 0 Å². The molecule has 2 heterocycles. The van der Waals surface area contributed by atoms with Gasteiger partial charge >= 0.3 is 0 Å². The Morgan fingerprint density at radius 1 is 1.10 bits per heavy atom. The average molecular weight is 139 g/mol. The summed E-state index contributed by atoms with van der Waals surface area (Å²) in [6.07, 6.45) is 5.85. The van der Waals surface area contributed by atoms with Crippen molar-refractivity contribution in [1.29, 1.82) is 0 Å². The molecule has 2 atom stereocenters. The molecule has 0 bridgehead atoms. The molecule has 0 aliphatic carbocycles. The average Bonchev–Trinajstić information content (AvgIpc) is 2.34. The Morgan fingerprint density at radius 2 is 2.00 bits per heavy atom. The van der Waals surface area contributed by atoms with E-state index in [1.54, 1.807) is 0 Å². The molecule has 1 nitrogen and oxygen atoms in total. The van der Waals surface area contributed by atoms with Gasteiger partial charge in [-0.25, -0.2) is 0 Å². The number of fused-ring (bicyclic) bond motifs is 1. The lowest BCUT2D eigenvalue weighted by Crippen LogP contribution is -2.36. The standard InChI is InChI=1S/C9H17N/c1-8-5-7-10-6-3-2-4-9(8)10/h8-9H,2-7H2,1H3/t8-,9?/m1/s1. The summed E-state index contributed by atoms with van der Waals surface area (Å²) in [6, 6.07) is 0.966. The predicted molar refractivity (Wildman–Crippen MR) is 43.0 cm³/mol. The van der Waals surface area contributed by atoms with E-state index in [0.717, 1.165) is 12.0 Å². The molecule has 0 spiro atoms. The maximum atomic E-state index is 2.69. The molecule has 0 radical (unpaired) electrons. The first-order valence-electron chi connectivity index (χ1n) is 4.62. The maximum Gasteiger partial charge on any atom is 0.0121 e. The van der Waals surface area contributed by atoms with E-state index in [1.807, 2.05) is 0 Å². The molecular formula is C9H17N. The van der Waals surface area contributed by atoms with E-state index in [0.29, 0.717) is 0 Å². The van der Waals surface area contributed by atoms with Crippen molar-refractivity contribution in [3.8, 4) is 0 Å². The van der Waals surface area contributed by atoms with Gasteiger partial charge in [0.15, 0.2) is 0 Å². The molecule has 1 unspecified atom stereocenters. The van der Waals surface area contributed by atoms with E-state index in [4.69, 9.17) is 0 Å². The molecule has 2 rings (SSSR count). The number of piperidine rings is 1. The quantitative estimate of drug-likeness (QED) is 0.495. The van der Waals surface area contributed by atoms with Crippen LogP contribution in [0.1, 0.15) is 32.6 Å². The molecule has 0 aromatic rings. The SMILES string of the molecule is C[C@@H]1CCN2CCCCC12. The Labute approximate surface area is 63.4 Å². The van der Waals surface area contributed by atoms with Crippen molar-refractivity contribution in [2.75, 3.05) is 13.1 Å². The van der Waals surface area contributed by atoms with Gasteiger partial charge in [-0.3, -0.25) is 0 Å². The topological polar surface area (TPSA) is 3.24 Å². The Morgan fingerprint density at radius 3 is 2.80 bits per heavy atom. The van der Waals surface area contributed by atoms with Crippen LogP contribution in [0, 0.1) is 5.92 Å². The third-order valence-electron chi connectivity index (χ3n) is 3.19. The molecule has 2 aliphatic heterocycles. The van der Waals surface area contributed by atoms with Gasteiger partial charge in [0.05, 0.1) is 0 Å². The Bertz CT molecular complexity index is 120. The van der Waals surface area contributed by atoms with Crippen molar-refractivity contribution in [2.45, 2.75) is 38.6 Å². The van der Waals surface area contributed by atoms with Crippen molar-refractivity contribution in [3.05, 3.63) is 0 Å². The van der Waals surface area contributed by atoms with Crippen molar-refractivity contribution >= 4 is 0 Å². The Balaban J connectivity index is 2.01. The fourth-order valence-corrected chi connectivity index (χ4v) is 2.50. The number of hydrogen-bond donors (Lipinski definition) is 0. The predicted octanol–water partition coefficient (Wildman–Crippen LogP) is 1.88. The number of hydrogen-bond acceptors (Lipinski definition) is 1. The van der Waals surface area contributed by atoms with Gasteiger partial charge in [0.2, 0.25) is 0 Å². The zero-order chi connectivity index (χ0) is 6.97. The molecule has 2 saturated heterocycles. The van der Waals surface area contributed by atoms with E-state index in [9.17, 15) is 0 Å². The van der Waals surface area contributed by atoms with Crippen LogP contribution in [0.25, 0.3) is 0 Å². The largest absolute Gasteiger partial charge is 0.300 e. The molecule has 0 saturated carbocycles. The lowest BCUT2D eigenvalue weighted by atomic mass is 9.95. The summed E-state index contributed by atoms with van der Waals surface area (Å²) in [7, 11) is 0. The summed E-state index contributed by atoms with van der Waals surface area (Å²) in [5, 5.41) is 0. The fourth-order valence-electron chi connectivity index (χ4n) is 2.50. The molecular weight excluding hydrogens is 122 g/mol. The van der Waals surface area contributed by atoms with Crippen molar-refractivity contribution in [3.63, 3.8) is 0 Å². The van der Waals surface area contributed by atoms with E-state index in [-0.39, 0.29) is 0 Å². The zero-order valence-electron chi connectivity index (χ0n) is 6.84. The summed E-state index contributed by atoms with van der Waals surface area (Å²) in [6.45, 7) is 5.18. The molecule has 58 valence electrons. The monoisotopic (exact) mass is 139 g/mol. The summed E-state index contributed by atoms with van der Waals surface area (Å²) in [5.41, 5.74) is 0. The molecule has 0 aromatic carbocycles. The van der Waals surface area contributed by atoms with Crippen LogP contribution in [0.15, 0.2) is 0 Å². The highest BCUT2D eigenvalue weighted by Gasteiger charge is 2.32. The lowest BCUT2D eigenvalue weighted by Gasteiger charge is -2.31. The molecule has 0 N–H and O–H groups in total. The van der Waals surface area contributed by atoms with Crippen LogP contribution in [-0.2, 0) is 0 Å². The summed E-state index contributed by atoms with van der Waals surface area (Å²) >= 11 is 0. The fraction of sp³-hybridized carbons (Fsp3) is 1.00. The van der Waals surface area contributed by atoms with Gasteiger partial charge in [-0.15, -0.1) is 0 Å². The summed E-state index contributed by atoms with van der Waals surface area (Å²) in [4.78, 5) is 2.69.